The van der Waals surface area contributed by atoms with Crippen molar-refractivity contribution in [2.24, 2.45) is 5.92 Å². The van der Waals surface area contributed by atoms with E-state index in [2.05, 4.69) is 31.2 Å². The second-order valence-electron chi connectivity index (χ2n) is 8.28. The van der Waals surface area contributed by atoms with Gasteiger partial charge in [-0.1, -0.05) is 0 Å². The first-order chi connectivity index (χ1) is 15.8. The minimum atomic E-state index is -4.61. The minimum absolute atomic E-state index is 0.0167. The van der Waals surface area contributed by atoms with Crippen molar-refractivity contribution >= 4 is 35.0 Å². The molecule has 4 N–H and O–H groups in total. The lowest BCUT2D eigenvalue weighted by molar-refractivity contribution is -0.137. The van der Waals surface area contributed by atoms with Gasteiger partial charge in [0.2, 0.25) is 17.8 Å². The Morgan fingerprint density at radius 1 is 1.18 bits per heavy atom. The molecule has 2 heterocycles. The third-order valence-electron chi connectivity index (χ3n) is 5.49. The predicted molar refractivity (Wildman–Crippen MR) is 117 cm³/mol. The number of carbonyl (C=O) groups is 2. The molecule has 8 nitrogen and oxygen atoms in total. The standard InChI is InChI=1S/C22H25F3N6O2/c23-22(24,25)16-12-28-21(29-15-5-6-17-14(11-15)4-7-18(32)30-17)31-20(16)27-9-1-8-26-19(33)10-13-2-3-13/h5-6,11-13H,1-4,7-10H2,(H,26,33)(H,30,32)(H2,27,28,29,31). The maximum atomic E-state index is 13.4. The molecule has 0 spiro atoms. The summed E-state index contributed by atoms with van der Waals surface area (Å²) in [6, 6.07) is 5.24. The zero-order valence-corrected chi connectivity index (χ0v) is 17.9. The molecular weight excluding hydrogens is 437 g/mol. The first-order valence-corrected chi connectivity index (χ1v) is 10.9. The quantitative estimate of drug-likeness (QED) is 0.422. The summed E-state index contributed by atoms with van der Waals surface area (Å²) < 4.78 is 40.2. The van der Waals surface area contributed by atoms with Crippen LogP contribution in [0.25, 0.3) is 0 Å². The molecule has 2 amide bonds. The van der Waals surface area contributed by atoms with E-state index in [1.54, 1.807) is 12.1 Å². The van der Waals surface area contributed by atoms with Gasteiger partial charge in [0.1, 0.15) is 11.4 Å². The molecule has 4 rings (SSSR count). The summed E-state index contributed by atoms with van der Waals surface area (Å²) in [5.74, 6) is 0.106. The van der Waals surface area contributed by atoms with E-state index in [0.717, 1.165) is 30.3 Å². The first kappa shape index (κ1) is 22.8. The zero-order valence-electron chi connectivity index (χ0n) is 17.9. The van der Waals surface area contributed by atoms with Crippen LogP contribution in [0.5, 0.6) is 0 Å². The number of nitrogens with one attached hydrogen (secondary N) is 4. The monoisotopic (exact) mass is 462 g/mol. The van der Waals surface area contributed by atoms with Gasteiger partial charge in [0.15, 0.2) is 0 Å². The fraction of sp³-hybridized carbons (Fsp3) is 0.455. The summed E-state index contributed by atoms with van der Waals surface area (Å²) in [4.78, 5) is 31.0. The van der Waals surface area contributed by atoms with Crippen LogP contribution in [0.15, 0.2) is 24.4 Å². The Morgan fingerprint density at radius 3 is 2.76 bits per heavy atom. The number of aromatic nitrogens is 2. The molecule has 0 atom stereocenters. The second kappa shape index (κ2) is 9.63. The van der Waals surface area contributed by atoms with E-state index in [4.69, 9.17) is 0 Å². The van der Waals surface area contributed by atoms with Crippen LogP contribution in [0, 0.1) is 5.92 Å². The lowest BCUT2D eigenvalue weighted by atomic mass is 10.0. The molecule has 1 aromatic heterocycles. The van der Waals surface area contributed by atoms with E-state index in [-0.39, 0.29) is 30.1 Å². The molecule has 1 aromatic carbocycles. The second-order valence-corrected chi connectivity index (χ2v) is 8.28. The molecule has 1 saturated carbocycles. The van der Waals surface area contributed by atoms with Gasteiger partial charge in [0.25, 0.3) is 0 Å². The van der Waals surface area contributed by atoms with Crippen molar-refractivity contribution in [3.05, 3.63) is 35.5 Å². The van der Waals surface area contributed by atoms with Gasteiger partial charge in [-0.25, -0.2) is 4.98 Å². The van der Waals surface area contributed by atoms with Gasteiger partial charge in [-0.2, -0.15) is 18.2 Å². The van der Waals surface area contributed by atoms with Gasteiger partial charge < -0.3 is 21.3 Å². The van der Waals surface area contributed by atoms with Gasteiger partial charge in [0, 0.05) is 43.5 Å². The number of nitrogens with zero attached hydrogens (tertiary/aromatic N) is 2. The summed E-state index contributed by atoms with van der Waals surface area (Å²) >= 11 is 0. The van der Waals surface area contributed by atoms with Gasteiger partial charge in [-0.05, 0) is 55.4 Å². The number of hydrogen-bond acceptors (Lipinski definition) is 6. The molecule has 0 radical (unpaired) electrons. The van der Waals surface area contributed by atoms with Crippen LogP contribution in [0.3, 0.4) is 0 Å². The third kappa shape index (κ3) is 6.33. The van der Waals surface area contributed by atoms with E-state index in [1.807, 2.05) is 6.07 Å². The average molecular weight is 462 g/mol. The number of carbonyl (C=O) groups excluding carboxylic acids is 2. The zero-order chi connectivity index (χ0) is 23.4. The van der Waals surface area contributed by atoms with Crippen molar-refractivity contribution in [3.8, 4) is 0 Å². The normalized spacial score (nSPS) is 15.4. The molecule has 1 fully saturated rings. The van der Waals surface area contributed by atoms with Crippen molar-refractivity contribution in [2.45, 2.75) is 44.7 Å². The molecule has 33 heavy (non-hydrogen) atoms. The van der Waals surface area contributed by atoms with Crippen LogP contribution in [-0.2, 0) is 22.2 Å². The Morgan fingerprint density at radius 2 is 2.00 bits per heavy atom. The molecule has 11 heteroatoms. The SMILES string of the molecule is O=C(CC1CC1)NCCCNc1nc(Nc2ccc3c(c2)CCC(=O)N3)ncc1C(F)(F)F. The number of rotatable bonds is 9. The molecule has 0 unspecified atom stereocenters. The van der Waals surface area contributed by atoms with Crippen LogP contribution in [0.2, 0.25) is 0 Å². The fourth-order valence-corrected chi connectivity index (χ4v) is 3.55. The van der Waals surface area contributed by atoms with Crippen molar-refractivity contribution in [2.75, 3.05) is 29.0 Å². The van der Waals surface area contributed by atoms with Crippen molar-refractivity contribution in [3.63, 3.8) is 0 Å². The van der Waals surface area contributed by atoms with Crippen LogP contribution in [0.4, 0.5) is 36.3 Å². The maximum Gasteiger partial charge on any atom is 0.421 e. The summed E-state index contributed by atoms with van der Waals surface area (Å²) in [6.07, 6.45) is 0.231. The highest BCUT2D eigenvalue weighted by Gasteiger charge is 2.35. The number of alkyl halides is 3. The first-order valence-electron chi connectivity index (χ1n) is 10.9. The van der Waals surface area contributed by atoms with Crippen LogP contribution < -0.4 is 21.3 Å². The molecule has 2 aromatic rings. The highest BCUT2D eigenvalue weighted by molar-refractivity contribution is 5.94. The topological polar surface area (TPSA) is 108 Å². The number of amides is 2. The van der Waals surface area contributed by atoms with Crippen LogP contribution in [-0.4, -0.2) is 34.9 Å². The molecule has 1 aliphatic carbocycles. The summed E-state index contributed by atoms with van der Waals surface area (Å²) in [5.41, 5.74) is 1.29. The Bertz CT molecular complexity index is 1040. The number of halogens is 3. The summed E-state index contributed by atoms with van der Waals surface area (Å²) in [6.45, 7) is 0.587. The molecule has 1 aliphatic heterocycles. The van der Waals surface area contributed by atoms with Gasteiger partial charge >= 0.3 is 6.18 Å². The number of anilines is 4. The van der Waals surface area contributed by atoms with Gasteiger partial charge in [0.05, 0.1) is 0 Å². The molecule has 176 valence electrons. The Hall–Kier alpha value is -3.37. The highest BCUT2D eigenvalue weighted by Crippen LogP contribution is 2.34. The fourth-order valence-electron chi connectivity index (χ4n) is 3.55. The Labute approximate surface area is 188 Å². The maximum absolute atomic E-state index is 13.4. The molecule has 0 saturated heterocycles. The van der Waals surface area contributed by atoms with Gasteiger partial charge in [-0.3, -0.25) is 9.59 Å². The van der Waals surface area contributed by atoms with Crippen LogP contribution in [0.1, 0.15) is 43.2 Å². The van der Waals surface area contributed by atoms with Crippen molar-refractivity contribution in [1.29, 1.82) is 0 Å². The highest BCUT2D eigenvalue weighted by atomic mass is 19.4. The summed E-state index contributed by atoms with van der Waals surface area (Å²) in [5, 5.41) is 11.2. The Balaban J connectivity index is 1.38. The smallest absolute Gasteiger partial charge is 0.369 e. The van der Waals surface area contributed by atoms with Crippen LogP contribution >= 0.6 is 0 Å². The minimum Gasteiger partial charge on any atom is -0.369 e. The number of aryl methyl sites for hydroxylation is 1. The van der Waals surface area contributed by atoms with Gasteiger partial charge in [-0.15, -0.1) is 0 Å². The molecular formula is C22H25F3N6O2. The summed E-state index contributed by atoms with van der Waals surface area (Å²) in [7, 11) is 0. The number of benzene rings is 1. The van der Waals surface area contributed by atoms with Crippen molar-refractivity contribution < 1.29 is 22.8 Å². The Kier molecular flexibility index (Phi) is 6.66. The third-order valence-corrected chi connectivity index (χ3v) is 5.49. The lowest BCUT2D eigenvalue weighted by Crippen LogP contribution is -2.26. The van der Waals surface area contributed by atoms with E-state index < -0.39 is 11.7 Å². The number of hydrogen-bond donors (Lipinski definition) is 4. The molecule has 2 aliphatic rings. The van der Waals surface area contributed by atoms with E-state index >= 15 is 0 Å². The largest absolute Gasteiger partial charge is 0.421 e. The molecule has 0 bridgehead atoms. The van der Waals surface area contributed by atoms with E-state index in [1.165, 1.54) is 0 Å². The lowest BCUT2D eigenvalue weighted by Gasteiger charge is -2.18. The van der Waals surface area contributed by atoms with Crippen molar-refractivity contribution in [1.82, 2.24) is 15.3 Å². The average Bonchev–Trinajstić information content (AvgIpc) is 3.57. The van der Waals surface area contributed by atoms with E-state index in [9.17, 15) is 22.8 Å². The number of fused-ring (bicyclic) bond motifs is 1. The predicted octanol–water partition coefficient (Wildman–Crippen LogP) is 3.84. The van der Waals surface area contributed by atoms with E-state index in [0.29, 0.717) is 43.8 Å².